The summed E-state index contributed by atoms with van der Waals surface area (Å²) in [6.07, 6.45) is 6.10. The van der Waals surface area contributed by atoms with Crippen molar-refractivity contribution >= 4 is 17.7 Å². The zero-order valence-electron chi connectivity index (χ0n) is 12.1. The number of carboxylic acids is 1. The molecule has 0 unspecified atom stereocenters. The fourth-order valence-corrected chi connectivity index (χ4v) is 1.27. The molecule has 1 aliphatic carbocycles. The van der Waals surface area contributed by atoms with E-state index in [1.807, 2.05) is 0 Å². The normalized spacial score (nSPS) is 13.2. The van der Waals surface area contributed by atoms with E-state index in [1.54, 1.807) is 12.2 Å². The summed E-state index contributed by atoms with van der Waals surface area (Å²) >= 11 is 0. The number of carbonyl (C=O) groups is 3. The first-order valence-corrected chi connectivity index (χ1v) is 5.37. The molecule has 0 aromatic carbocycles. The number of hydrogen-bond donors (Lipinski definition) is 2. The Bertz CT molecular complexity index is 487. The number of nitrogens with one attached hydrogen (secondary N) is 1. The molecule has 8 N–H and O–H groups in total. The summed E-state index contributed by atoms with van der Waals surface area (Å²) in [7, 11) is 1.39. The monoisotopic (exact) mass is 382 g/mol. The van der Waals surface area contributed by atoms with Gasteiger partial charge in [0.2, 0.25) is 5.78 Å². The molecule has 1 aliphatic rings. The van der Waals surface area contributed by atoms with E-state index in [4.69, 9.17) is 9.84 Å². The van der Waals surface area contributed by atoms with Gasteiger partial charge in [0.15, 0.2) is 5.76 Å². The van der Waals surface area contributed by atoms with Gasteiger partial charge in [-0.1, -0.05) is 6.08 Å². The number of aliphatic carboxylic acids is 1. The summed E-state index contributed by atoms with van der Waals surface area (Å²) in [5.74, 6) is -1.87. The van der Waals surface area contributed by atoms with Gasteiger partial charge < -0.3 is 41.7 Å². The SMILES string of the molecule is COC1=CC=C/C(=C/NCC(=O)[N-]CC(=O)O)C1=O.O.O.O.[Cu+]. The van der Waals surface area contributed by atoms with Crippen LogP contribution in [0.3, 0.4) is 0 Å². The van der Waals surface area contributed by atoms with Gasteiger partial charge in [-0.3, -0.25) is 9.59 Å². The molecule has 11 heteroatoms. The average molecular weight is 383 g/mol. The number of carboxylic acid groups (broad SMARTS) is 1. The van der Waals surface area contributed by atoms with Crippen LogP contribution in [0.5, 0.6) is 0 Å². The zero-order valence-corrected chi connectivity index (χ0v) is 13.0. The molecular weight excluding hydrogens is 364 g/mol. The molecule has 0 aromatic heterocycles. The van der Waals surface area contributed by atoms with Crippen LogP contribution in [0, 0.1) is 0 Å². The number of Topliss-reactive ketones (excluding diaryl/α,β-unsaturated/α-hetero) is 1. The Morgan fingerprint density at radius 3 is 2.48 bits per heavy atom. The van der Waals surface area contributed by atoms with Gasteiger partial charge in [0.05, 0.1) is 19.6 Å². The molecule has 0 saturated carbocycles. The fraction of sp³-hybridized carbons (Fsp3) is 0.250. The first kappa shape index (κ1) is 28.9. The minimum absolute atomic E-state index is 0. The summed E-state index contributed by atoms with van der Waals surface area (Å²) < 4.78 is 4.87. The Morgan fingerprint density at radius 2 is 1.96 bits per heavy atom. The number of methoxy groups -OCH3 is 1. The molecule has 0 aliphatic heterocycles. The molecule has 136 valence electrons. The number of ketones is 1. The topological polar surface area (TPSA) is 201 Å². The first-order valence-electron chi connectivity index (χ1n) is 5.37. The predicted octanol–water partition coefficient (Wildman–Crippen LogP) is -2.36. The standard InChI is InChI=1S/C12H14N2O5.Cu.3H2O/c1-19-9-4-2-3-8(12(9)18)5-13-6-10(15)14-7-11(16)17;;;;/h2-5H,6-7H2,1H3,(H3,13,14,15,16,17,18);;3*1H2/q;+1;;;/p-1. The van der Waals surface area contributed by atoms with E-state index in [-0.39, 0.29) is 51.6 Å². The summed E-state index contributed by atoms with van der Waals surface area (Å²) in [5.41, 5.74) is 0.338. The van der Waals surface area contributed by atoms with Crippen LogP contribution in [0.25, 0.3) is 5.32 Å². The van der Waals surface area contributed by atoms with Crippen molar-refractivity contribution in [1.82, 2.24) is 5.32 Å². The van der Waals surface area contributed by atoms with Gasteiger partial charge in [0.1, 0.15) is 0 Å². The molecule has 0 heterocycles. The Hall–Kier alpha value is -2.17. The third-order valence-electron chi connectivity index (χ3n) is 2.13. The van der Waals surface area contributed by atoms with Gasteiger partial charge in [-0.25, -0.2) is 0 Å². The number of hydrogen-bond acceptors (Lipinski definition) is 5. The molecule has 1 amide bonds. The van der Waals surface area contributed by atoms with E-state index < -0.39 is 18.4 Å². The number of nitrogens with zero attached hydrogens (tertiary/aromatic N) is 1. The third kappa shape index (κ3) is 10.2. The molecule has 0 aromatic rings. The van der Waals surface area contributed by atoms with E-state index >= 15 is 0 Å². The molecule has 10 nitrogen and oxygen atoms in total. The van der Waals surface area contributed by atoms with Gasteiger partial charge in [0.25, 0.3) is 5.97 Å². The van der Waals surface area contributed by atoms with Crippen molar-refractivity contribution in [2.24, 2.45) is 0 Å². The molecule has 0 fully saturated rings. The number of amides is 1. The van der Waals surface area contributed by atoms with Gasteiger partial charge in [0, 0.05) is 11.8 Å². The number of allylic oxidation sites excluding steroid dienone is 4. The summed E-state index contributed by atoms with van der Waals surface area (Å²) in [4.78, 5) is 33.0. The third-order valence-corrected chi connectivity index (χ3v) is 2.13. The second-order valence-corrected chi connectivity index (χ2v) is 3.51. The van der Waals surface area contributed by atoms with Crippen LogP contribution in [0.2, 0.25) is 0 Å². The smallest absolute Gasteiger partial charge is 0.643 e. The van der Waals surface area contributed by atoms with Crippen molar-refractivity contribution in [2.45, 2.75) is 0 Å². The van der Waals surface area contributed by atoms with Crippen molar-refractivity contribution in [3.8, 4) is 0 Å². The number of carbonyl (C=O) groups excluding carboxylic acids is 2. The molecule has 0 radical (unpaired) electrons. The maximum Gasteiger partial charge on any atom is 1.00 e. The van der Waals surface area contributed by atoms with Gasteiger partial charge in [-0.15, -0.1) is 0 Å². The van der Waals surface area contributed by atoms with Crippen molar-refractivity contribution in [2.75, 3.05) is 20.2 Å². The summed E-state index contributed by atoms with van der Waals surface area (Å²) in [6.45, 7) is -0.740. The Balaban J connectivity index is -0.000000451. The number of rotatable bonds is 6. The van der Waals surface area contributed by atoms with Crippen LogP contribution in [0.15, 0.2) is 35.8 Å². The minimum atomic E-state index is -1.17. The van der Waals surface area contributed by atoms with Gasteiger partial charge in [-0.05, 0) is 18.7 Å². The Morgan fingerprint density at radius 1 is 1.35 bits per heavy atom. The molecule has 0 saturated heterocycles. The molecule has 23 heavy (non-hydrogen) atoms. The molecule has 0 bridgehead atoms. The molecule has 0 atom stereocenters. The van der Waals surface area contributed by atoms with E-state index in [0.29, 0.717) is 5.57 Å². The largest absolute Gasteiger partial charge is 1.00 e. The van der Waals surface area contributed by atoms with Crippen molar-refractivity contribution < 1.29 is 57.7 Å². The molecular formula is C12H19CuN2O8. The molecule has 1 rings (SSSR count). The van der Waals surface area contributed by atoms with Gasteiger partial charge in [-0.2, -0.15) is 0 Å². The van der Waals surface area contributed by atoms with Crippen molar-refractivity contribution in [1.29, 1.82) is 0 Å². The summed E-state index contributed by atoms with van der Waals surface area (Å²) in [6, 6.07) is 0. The van der Waals surface area contributed by atoms with Crippen LogP contribution in [0.1, 0.15) is 0 Å². The Kier molecular flexibility index (Phi) is 18.5. The van der Waals surface area contributed by atoms with Crippen LogP contribution >= 0.6 is 0 Å². The maximum absolute atomic E-state index is 11.7. The van der Waals surface area contributed by atoms with Crippen molar-refractivity contribution in [3.63, 3.8) is 0 Å². The van der Waals surface area contributed by atoms with E-state index in [2.05, 4.69) is 10.6 Å². The Labute approximate surface area is 142 Å². The second-order valence-electron chi connectivity index (χ2n) is 3.51. The van der Waals surface area contributed by atoms with Crippen LogP contribution < -0.4 is 5.32 Å². The van der Waals surface area contributed by atoms with Crippen molar-refractivity contribution in [3.05, 3.63) is 41.1 Å². The predicted molar refractivity (Wildman–Crippen MR) is 77.0 cm³/mol. The average Bonchev–Trinajstić information content (AvgIpc) is 2.38. The number of ether oxygens (including phenoxy) is 1. The van der Waals surface area contributed by atoms with E-state index in [9.17, 15) is 14.4 Å². The second kappa shape index (κ2) is 14.8. The minimum Gasteiger partial charge on any atom is -0.643 e. The maximum atomic E-state index is 11.7. The van der Waals surface area contributed by atoms with Gasteiger partial charge >= 0.3 is 17.1 Å². The van der Waals surface area contributed by atoms with Crippen LogP contribution in [0.4, 0.5) is 0 Å². The van der Waals surface area contributed by atoms with E-state index in [1.165, 1.54) is 19.4 Å². The molecule has 0 spiro atoms. The first-order chi connectivity index (χ1) is 9.04. The van der Waals surface area contributed by atoms with Crippen LogP contribution in [-0.4, -0.2) is 59.4 Å². The summed E-state index contributed by atoms with van der Waals surface area (Å²) in [5, 5.41) is 14.2. The zero-order chi connectivity index (χ0) is 14.3. The fourth-order valence-electron chi connectivity index (χ4n) is 1.27. The quantitative estimate of drug-likeness (QED) is 0.379. The van der Waals surface area contributed by atoms with E-state index in [0.717, 1.165) is 0 Å². The van der Waals surface area contributed by atoms with Crippen LogP contribution in [-0.2, 0) is 36.2 Å².